The molecular formula is C47H34N4. The Morgan fingerprint density at radius 1 is 0.549 bits per heavy atom. The van der Waals surface area contributed by atoms with E-state index in [1.165, 1.54) is 0 Å². The molecule has 0 fully saturated rings. The van der Waals surface area contributed by atoms with Crippen molar-refractivity contribution in [1.29, 1.82) is 0 Å². The number of para-hydroxylation sites is 2. The molecule has 0 saturated carbocycles. The number of fused-ring (bicyclic) bond motifs is 4. The molecule has 0 amide bonds. The predicted octanol–water partition coefficient (Wildman–Crippen LogP) is 11.9. The number of benzene rings is 6. The third-order valence-corrected chi connectivity index (χ3v) is 9.57. The van der Waals surface area contributed by atoms with Crippen molar-refractivity contribution < 1.29 is 0 Å². The van der Waals surface area contributed by atoms with Crippen molar-refractivity contribution in [3.8, 4) is 39.5 Å². The Morgan fingerprint density at radius 3 is 1.90 bits per heavy atom. The van der Waals surface area contributed by atoms with Crippen LogP contribution in [-0.4, -0.2) is 21.1 Å². The minimum atomic E-state index is 0.698. The number of nitrogens with zero attached hydrogens (tertiary/aromatic N) is 4. The first-order valence-electron chi connectivity index (χ1n) is 17.2. The molecule has 0 spiro atoms. The van der Waals surface area contributed by atoms with E-state index in [-0.39, 0.29) is 0 Å². The van der Waals surface area contributed by atoms with Crippen LogP contribution in [0.2, 0.25) is 0 Å². The Labute approximate surface area is 297 Å². The van der Waals surface area contributed by atoms with Gasteiger partial charge in [-0.3, -0.25) is 4.57 Å². The monoisotopic (exact) mass is 654 g/mol. The molecule has 8 aromatic rings. The molecule has 51 heavy (non-hydrogen) atoms. The van der Waals surface area contributed by atoms with Gasteiger partial charge in [-0.1, -0.05) is 146 Å². The van der Waals surface area contributed by atoms with E-state index in [2.05, 4.69) is 174 Å². The number of allylic oxidation sites excluding steroid dienone is 4. The molecule has 6 aromatic carbocycles. The summed E-state index contributed by atoms with van der Waals surface area (Å²) in [5.41, 5.74) is 12.5. The van der Waals surface area contributed by atoms with Crippen molar-refractivity contribution in [3.63, 3.8) is 0 Å². The first kappa shape index (κ1) is 30.3. The van der Waals surface area contributed by atoms with Gasteiger partial charge in [-0.15, -0.1) is 0 Å². The van der Waals surface area contributed by atoms with E-state index in [0.717, 1.165) is 84.6 Å². The topological polar surface area (TPSA) is 34.0 Å². The van der Waals surface area contributed by atoms with Crippen LogP contribution in [0.5, 0.6) is 0 Å². The lowest BCUT2D eigenvalue weighted by molar-refractivity contribution is 1.09. The molecule has 4 nitrogen and oxygen atoms in total. The standard InChI is InChI=1S/C47H34N4/c1-33-17-7-6-16-30-50(38-22-12-4-13-23-38)43-32-37(26-28-40(33)43)36-27-29-42-41(31-36)44-45(34-18-8-2-9-19-34)48-46(35-20-10-3-11-21-35)49-47(44)51(42)39-24-14-5-15-25-39/h2-29,31-32H,1,30H2/b16-6-,17-7-. The Balaban J connectivity index is 1.31. The lowest BCUT2D eigenvalue weighted by Gasteiger charge is -2.27. The summed E-state index contributed by atoms with van der Waals surface area (Å²) in [5, 5.41) is 2.13. The Bertz CT molecular complexity index is 2600. The second kappa shape index (κ2) is 12.9. The predicted molar refractivity (Wildman–Crippen MR) is 213 cm³/mol. The zero-order chi connectivity index (χ0) is 34.1. The van der Waals surface area contributed by atoms with Gasteiger partial charge in [0.05, 0.1) is 16.6 Å². The maximum atomic E-state index is 5.31. The normalized spacial score (nSPS) is 14.1. The number of hydrogen-bond acceptors (Lipinski definition) is 3. The molecule has 4 heteroatoms. The summed E-state index contributed by atoms with van der Waals surface area (Å²) in [5.74, 6) is 0.698. The molecule has 1 aliphatic heterocycles. The average molecular weight is 655 g/mol. The molecule has 0 atom stereocenters. The second-order valence-electron chi connectivity index (χ2n) is 12.7. The molecule has 0 aliphatic carbocycles. The maximum absolute atomic E-state index is 5.31. The molecule has 0 N–H and O–H groups in total. The van der Waals surface area contributed by atoms with Gasteiger partial charge in [0.25, 0.3) is 0 Å². The summed E-state index contributed by atoms with van der Waals surface area (Å²) in [4.78, 5) is 13.0. The number of hydrogen-bond donors (Lipinski definition) is 0. The van der Waals surface area contributed by atoms with E-state index in [0.29, 0.717) is 5.82 Å². The fourth-order valence-electron chi connectivity index (χ4n) is 7.11. The Morgan fingerprint density at radius 2 is 1.18 bits per heavy atom. The SMILES string of the molecule is C=C1/C=C\C=C/CN(c2ccccc2)c2cc(-c3ccc4c(c3)c3c(-c5ccccc5)nc(-c5ccccc5)nc3n4-c3ccccc3)ccc21. The largest absolute Gasteiger partial charge is 0.337 e. The van der Waals surface area contributed by atoms with Gasteiger partial charge in [-0.2, -0.15) is 0 Å². The lowest BCUT2D eigenvalue weighted by Crippen LogP contribution is -2.18. The maximum Gasteiger partial charge on any atom is 0.162 e. The highest BCUT2D eigenvalue weighted by molar-refractivity contribution is 6.15. The van der Waals surface area contributed by atoms with Gasteiger partial charge >= 0.3 is 0 Å². The van der Waals surface area contributed by atoms with E-state index in [1.807, 2.05) is 24.3 Å². The molecule has 9 rings (SSSR count). The number of aromatic nitrogens is 3. The molecule has 2 aromatic heterocycles. The van der Waals surface area contributed by atoms with E-state index in [4.69, 9.17) is 9.97 Å². The smallest absolute Gasteiger partial charge is 0.162 e. The molecule has 1 aliphatic rings. The van der Waals surface area contributed by atoms with Gasteiger partial charge in [0, 0.05) is 45.7 Å². The molecule has 0 bridgehead atoms. The van der Waals surface area contributed by atoms with Crippen molar-refractivity contribution >= 4 is 38.9 Å². The fourth-order valence-corrected chi connectivity index (χ4v) is 7.11. The quantitative estimate of drug-likeness (QED) is 0.185. The molecule has 3 heterocycles. The fraction of sp³-hybridized carbons (Fsp3) is 0.0213. The van der Waals surface area contributed by atoms with Crippen LogP contribution in [0.25, 0.3) is 67.0 Å². The van der Waals surface area contributed by atoms with Gasteiger partial charge in [0.2, 0.25) is 0 Å². The highest BCUT2D eigenvalue weighted by Crippen LogP contribution is 2.41. The molecule has 0 saturated heterocycles. The highest BCUT2D eigenvalue weighted by atomic mass is 15.1. The molecular weight excluding hydrogens is 621 g/mol. The first-order valence-corrected chi connectivity index (χ1v) is 17.2. The van der Waals surface area contributed by atoms with Crippen LogP contribution in [0.1, 0.15) is 5.56 Å². The van der Waals surface area contributed by atoms with Gasteiger partial charge < -0.3 is 4.90 Å². The van der Waals surface area contributed by atoms with Crippen molar-refractivity contribution in [2.75, 3.05) is 11.4 Å². The van der Waals surface area contributed by atoms with Crippen LogP contribution < -0.4 is 4.90 Å². The summed E-state index contributed by atoms with van der Waals surface area (Å²) in [6, 6.07) is 55.3. The zero-order valence-electron chi connectivity index (χ0n) is 28.0. The Hall–Kier alpha value is -6.78. The third-order valence-electron chi connectivity index (χ3n) is 9.57. The van der Waals surface area contributed by atoms with Crippen molar-refractivity contribution in [3.05, 3.63) is 194 Å². The summed E-state index contributed by atoms with van der Waals surface area (Å²) < 4.78 is 2.28. The van der Waals surface area contributed by atoms with Crippen molar-refractivity contribution in [1.82, 2.24) is 14.5 Å². The minimum absolute atomic E-state index is 0.698. The molecule has 242 valence electrons. The Kier molecular flexibility index (Phi) is 7.67. The summed E-state index contributed by atoms with van der Waals surface area (Å²) >= 11 is 0. The molecule has 0 radical (unpaired) electrons. The highest BCUT2D eigenvalue weighted by Gasteiger charge is 2.22. The van der Waals surface area contributed by atoms with E-state index in [9.17, 15) is 0 Å². The van der Waals surface area contributed by atoms with Crippen LogP contribution >= 0.6 is 0 Å². The van der Waals surface area contributed by atoms with Crippen molar-refractivity contribution in [2.24, 2.45) is 0 Å². The summed E-state index contributed by atoms with van der Waals surface area (Å²) in [6.07, 6.45) is 8.45. The van der Waals surface area contributed by atoms with E-state index >= 15 is 0 Å². The van der Waals surface area contributed by atoms with Crippen LogP contribution in [0.15, 0.2) is 189 Å². The van der Waals surface area contributed by atoms with Crippen molar-refractivity contribution in [2.45, 2.75) is 0 Å². The van der Waals surface area contributed by atoms with Crippen LogP contribution in [-0.2, 0) is 0 Å². The van der Waals surface area contributed by atoms with Crippen LogP contribution in [0, 0.1) is 0 Å². The summed E-state index contributed by atoms with van der Waals surface area (Å²) in [6.45, 7) is 5.18. The lowest BCUT2D eigenvalue weighted by atomic mass is 9.96. The van der Waals surface area contributed by atoms with Gasteiger partial charge in [-0.05, 0) is 59.2 Å². The third kappa shape index (κ3) is 5.53. The zero-order valence-corrected chi connectivity index (χ0v) is 28.0. The van der Waals surface area contributed by atoms with Gasteiger partial charge in [0.1, 0.15) is 5.65 Å². The van der Waals surface area contributed by atoms with E-state index in [1.54, 1.807) is 0 Å². The van der Waals surface area contributed by atoms with Gasteiger partial charge in [0.15, 0.2) is 5.82 Å². The minimum Gasteiger partial charge on any atom is -0.337 e. The van der Waals surface area contributed by atoms with Crippen LogP contribution in [0.4, 0.5) is 11.4 Å². The number of anilines is 2. The van der Waals surface area contributed by atoms with E-state index < -0.39 is 0 Å². The molecule has 0 unspecified atom stereocenters. The van der Waals surface area contributed by atoms with Crippen LogP contribution in [0.3, 0.4) is 0 Å². The summed E-state index contributed by atoms with van der Waals surface area (Å²) in [7, 11) is 0. The number of rotatable bonds is 5. The van der Waals surface area contributed by atoms with Gasteiger partial charge in [-0.25, -0.2) is 9.97 Å². The second-order valence-corrected chi connectivity index (χ2v) is 12.7. The average Bonchev–Trinajstić information content (AvgIpc) is 3.56. The first-order chi connectivity index (χ1) is 25.2.